The lowest BCUT2D eigenvalue weighted by atomic mass is 10.2. The highest BCUT2D eigenvalue weighted by Crippen LogP contribution is 2.21. The molecular formula is C13H17NO4S. The van der Waals surface area contributed by atoms with E-state index in [0.717, 1.165) is 10.5 Å². The third kappa shape index (κ3) is 4.92. The van der Waals surface area contributed by atoms with Gasteiger partial charge in [-0.3, -0.25) is 4.79 Å². The summed E-state index contributed by atoms with van der Waals surface area (Å²) in [5.41, 5.74) is 1.09. The van der Waals surface area contributed by atoms with Gasteiger partial charge in [0.15, 0.2) is 6.04 Å². The van der Waals surface area contributed by atoms with E-state index in [2.05, 4.69) is 10.1 Å². The summed E-state index contributed by atoms with van der Waals surface area (Å²) in [5.74, 6) is -0.798. The van der Waals surface area contributed by atoms with Crippen molar-refractivity contribution in [1.29, 1.82) is 0 Å². The molecule has 104 valence electrons. The highest BCUT2D eigenvalue weighted by atomic mass is 32.2. The van der Waals surface area contributed by atoms with Crippen molar-refractivity contribution in [3.8, 4) is 0 Å². The third-order valence-corrected chi connectivity index (χ3v) is 3.63. The maximum absolute atomic E-state index is 11.7. The number of methoxy groups -OCH3 is 1. The number of ether oxygens (including phenoxy) is 1. The fraction of sp³-hybridized carbons (Fsp3) is 0.385. The molecule has 0 fully saturated rings. The molecule has 0 saturated heterocycles. The summed E-state index contributed by atoms with van der Waals surface area (Å²) >= 11 is 1.38. The average Bonchev–Trinajstić information content (AvgIpc) is 2.43. The topological polar surface area (TPSA) is 75.6 Å². The molecular weight excluding hydrogens is 266 g/mol. The molecule has 0 unspecified atom stereocenters. The first-order valence-corrected chi connectivity index (χ1v) is 6.73. The molecule has 0 heterocycles. The molecule has 2 N–H and O–H groups in total. The lowest BCUT2D eigenvalue weighted by Gasteiger charge is -2.13. The van der Waals surface area contributed by atoms with E-state index in [1.165, 1.54) is 18.9 Å². The van der Waals surface area contributed by atoms with Gasteiger partial charge in [-0.05, 0) is 18.6 Å². The minimum absolute atomic E-state index is 0.179. The number of benzene rings is 1. The van der Waals surface area contributed by atoms with E-state index in [4.69, 9.17) is 5.11 Å². The van der Waals surface area contributed by atoms with Crippen LogP contribution in [-0.2, 0) is 14.3 Å². The van der Waals surface area contributed by atoms with Gasteiger partial charge in [0.2, 0.25) is 5.91 Å². The monoisotopic (exact) mass is 283 g/mol. The number of carbonyl (C=O) groups is 2. The zero-order chi connectivity index (χ0) is 14.3. The second-order valence-corrected chi connectivity index (χ2v) is 4.90. The van der Waals surface area contributed by atoms with Crippen LogP contribution in [0.15, 0.2) is 29.2 Å². The zero-order valence-corrected chi connectivity index (χ0v) is 11.7. The van der Waals surface area contributed by atoms with Gasteiger partial charge in [0.05, 0.1) is 19.5 Å². The van der Waals surface area contributed by atoms with Crippen molar-refractivity contribution < 1.29 is 19.4 Å². The summed E-state index contributed by atoms with van der Waals surface area (Å²) in [6.07, 6.45) is 0. The van der Waals surface area contributed by atoms with Crippen molar-refractivity contribution in [2.24, 2.45) is 0 Å². The number of aliphatic hydroxyl groups excluding tert-OH is 1. The predicted molar refractivity (Wildman–Crippen MR) is 72.9 cm³/mol. The number of carbonyl (C=O) groups excluding carboxylic acids is 2. The van der Waals surface area contributed by atoms with Crippen LogP contribution in [0.3, 0.4) is 0 Å². The molecule has 1 amide bonds. The van der Waals surface area contributed by atoms with Crippen LogP contribution in [0.2, 0.25) is 0 Å². The number of hydrogen-bond acceptors (Lipinski definition) is 5. The first-order chi connectivity index (χ1) is 9.08. The fourth-order valence-electron chi connectivity index (χ4n) is 1.42. The number of hydrogen-bond donors (Lipinski definition) is 2. The Morgan fingerprint density at radius 3 is 2.68 bits per heavy atom. The normalized spacial score (nSPS) is 11.7. The van der Waals surface area contributed by atoms with Crippen LogP contribution in [0.5, 0.6) is 0 Å². The van der Waals surface area contributed by atoms with Crippen molar-refractivity contribution in [1.82, 2.24) is 5.32 Å². The molecule has 0 saturated carbocycles. The summed E-state index contributed by atoms with van der Waals surface area (Å²) in [4.78, 5) is 23.9. The summed E-state index contributed by atoms with van der Waals surface area (Å²) in [6, 6.07) is 6.72. The van der Waals surface area contributed by atoms with Gasteiger partial charge in [-0.1, -0.05) is 18.2 Å². The standard InChI is InChI=1S/C13H17NO4S/c1-9-5-3-4-6-11(9)19-8-12(16)14-10(7-15)13(17)18-2/h3-6,10,15H,7-8H2,1-2H3,(H,14,16)/t10-/m0/s1. The lowest BCUT2D eigenvalue weighted by molar-refractivity contribution is -0.145. The van der Waals surface area contributed by atoms with Gasteiger partial charge in [0.25, 0.3) is 0 Å². The summed E-state index contributed by atoms with van der Waals surface area (Å²) < 4.78 is 4.47. The number of esters is 1. The van der Waals surface area contributed by atoms with E-state index < -0.39 is 18.6 Å². The van der Waals surface area contributed by atoms with Crippen LogP contribution in [0.1, 0.15) is 5.56 Å². The van der Waals surface area contributed by atoms with Crippen LogP contribution in [0.25, 0.3) is 0 Å². The molecule has 0 radical (unpaired) electrons. The molecule has 0 aliphatic carbocycles. The van der Waals surface area contributed by atoms with E-state index in [1.807, 2.05) is 31.2 Å². The van der Waals surface area contributed by atoms with Gasteiger partial charge in [0.1, 0.15) is 0 Å². The van der Waals surface area contributed by atoms with Gasteiger partial charge in [-0.25, -0.2) is 4.79 Å². The van der Waals surface area contributed by atoms with Crippen molar-refractivity contribution in [2.75, 3.05) is 19.5 Å². The number of nitrogens with one attached hydrogen (secondary N) is 1. The Morgan fingerprint density at radius 1 is 1.42 bits per heavy atom. The molecule has 5 nitrogen and oxygen atoms in total. The lowest BCUT2D eigenvalue weighted by Crippen LogP contribution is -2.44. The Kier molecular flexibility index (Phi) is 6.38. The van der Waals surface area contributed by atoms with Crippen LogP contribution < -0.4 is 5.32 Å². The van der Waals surface area contributed by atoms with E-state index in [1.54, 1.807) is 0 Å². The van der Waals surface area contributed by atoms with E-state index in [-0.39, 0.29) is 11.7 Å². The zero-order valence-electron chi connectivity index (χ0n) is 10.9. The number of thioether (sulfide) groups is 1. The minimum atomic E-state index is -1.00. The van der Waals surface area contributed by atoms with Gasteiger partial charge in [-0.2, -0.15) is 0 Å². The Balaban J connectivity index is 2.48. The number of aryl methyl sites for hydroxylation is 1. The highest BCUT2D eigenvalue weighted by Gasteiger charge is 2.20. The summed E-state index contributed by atoms with van der Waals surface area (Å²) in [6.45, 7) is 1.48. The maximum Gasteiger partial charge on any atom is 0.330 e. The molecule has 0 aliphatic rings. The smallest absolute Gasteiger partial charge is 0.330 e. The number of aliphatic hydroxyl groups is 1. The van der Waals surface area contributed by atoms with Gasteiger partial charge in [-0.15, -0.1) is 11.8 Å². The molecule has 0 aliphatic heterocycles. The van der Waals surface area contributed by atoms with Crippen molar-refractivity contribution in [2.45, 2.75) is 17.9 Å². The Bertz CT molecular complexity index is 450. The highest BCUT2D eigenvalue weighted by molar-refractivity contribution is 8.00. The molecule has 6 heteroatoms. The largest absolute Gasteiger partial charge is 0.467 e. The van der Waals surface area contributed by atoms with E-state index in [0.29, 0.717) is 0 Å². The molecule has 1 aromatic rings. The van der Waals surface area contributed by atoms with Crippen molar-refractivity contribution in [3.63, 3.8) is 0 Å². The Hall–Kier alpha value is -1.53. The number of amides is 1. The predicted octanol–water partition coefficient (Wildman–Crippen LogP) is 0.737. The van der Waals surface area contributed by atoms with Gasteiger partial charge < -0.3 is 15.2 Å². The van der Waals surface area contributed by atoms with Crippen LogP contribution in [0.4, 0.5) is 0 Å². The number of rotatable bonds is 6. The first-order valence-electron chi connectivity index (χ1n) is 5.75. The van der Waals surface area contributed by atoms with Crippen LogP contribution >= 0.6 is 11.8 Å². The fourth-order valence-corrected chi connectivity index (χ4v) is 2.26. The third-order valence-electron chi connectivity index (χ3n) is 2.46. The molecule has 0 spiro atoms. The minimum Gasteiger partial charge on any atom is -0.467 e. The van der Waals surface area contributed by atoms with E-state index in [9.17, 15) is 9.59 Å². The average molecular weight is 283 g/mol. The van der Waals surface area contributed by atoms with Crippen LogP contribution in [0, 0.1) is 6.92 Å². The molecule has 0 aromatic heterocycles. The Morgan fingerprint density at radius 2 is 2.11 bits per heavy atom. The molecule has 1 atom stereocenters. The summed E-state index contributed by atoms with van der Waals surface area (Å²) in [5, 5.41) is 11.4. The van der Waals surface area contributed by atoms with Crippen LogP contribution in [-0.4, -0.2) is 42.5 Å². The van der Waals surface area contributed by atoms with Gasteiger partial charge in [0, 0.05) is 4.90 Å². The maximum atomic E-state index is 11.7. The molecule has 1 aromatic carbocycles. The Labute approximate surface area is 116 Å². The van der Waals surface area contributed by atoms with E-state index >= 15 is 0 Å². The summed E-state index contributed by atoms with van der Waals surface area (Å²) in [7, 11) is 1.21. The molecule has 0 bridgehead atoms. The second-order valence-electron chi connectivity index (χ2n) is 3.88. The quantitative estimate of drug-likeness (QED) is 0.595. The molecule has 1 rings (SSSR count). The molecule has 19 heavy (non-hydrogen) atoms. The second kappa shape index (κ2) is 7.81. The SMILES string of the molecule is COC(=O)[C@H](CO)NC(=O)CSc1ccccc1C. The van der Waals surface area contributed by atoms with Crippen molar-refractivity contribution >= 4 is 23.6 Å². The van der Waals surface area contributed by atoms with Gasteiger partial charge >= 0.3 is 5.97 Å². The first kappa shape index (κ1) is 15.5. The van der Waals surface area contributed by atoms with Crippen molar-refractivity contribution in [3.05, 3.63) is 29.8 Å².